The van der Waals surface area contributed by atoms with Gasteiger partial charge in [-0.3, -0.25) is 4.79 Å². The van der Waals surface area contributed by atoms with Crippen molar-refractivity contribution in [2.45, 2.75) is 0 Å². The second kappa shape index (κ2) is 5.88. The number of benzene rings is 1. The molecule has 0 aliphatic carbocycles. The fourth-order valence-electron chi connectivity index (χ4n) is 1.87. The second-order valence-electron chi connectivity index (χ2n) is 5.02. The summed E-state index contributed by atoms with van der Waals surface area (Å²) in [5, 5.41) is 0.747. The summed E-state index contributed by atoms with van der Waals surface area (Å²) < 4.78 is 5.18. The molecule has 0 radical (unpaired) electrons. The molecule has 0 unspecified atom stereocenters. The van der Waals surface area contributed by atoms with Gasteiger partial charge in [0.15, 0.2) is 0 Å². The number of fused-ring (bicyclic) bond motifs is 1. The lowest BCUT2D eigenvalue weighted by Crippen LogP contribution is -2.35. The first-order chi connectivity index (χ1) is 9.49. The third-order valence-corrected chi connectivity index (χ3v) is 3.10. The molecule has 0 saturated heterocycles. The molecule has 0 N–H and O–H groups in total. The zero-order valence-electron chi connectivity index (χ0n) is 11.9. The van der Waals surface area contributed by atoms with Crippen LogP contribution in [0.15, 0.2) is 39.5 Å². The van der Waals surface area contributed by atoms with Crippen molar-refractivity contribution in [3.63, 3.8) is 0 Å². The summed E-state index contributed by atoms with van der Waals surface area (Å²) in [4.78, 5) is 27.7. The predicted octanol–water partition coefficient (Wildman–Crippen LogP) is 1.43. The van der Waals surface area contributed by atoms with Gasteiger partial charge >= 0.3 is 5.63 Å². The van der Waals surface area contributed by atoms with E-state index >= 15 is 0 Å². The summed E-state index contributed by atoms with van der Waals surface area (Å²) in [6.45, 7) is 1.29. The minimum atomic E-state index is -0.592. The number of amides is 1. The zero-order valence-corrected chi connectivity index (χ0v) is 11.9. The van der Waals surface area contributed by atoms with Crippen molar-refractivity contribution in [1.29, 1.82) is 0 Å². The highest BCUT2D eigenvalue weighted by molar-refractivity contribution is 5.96. The van der Waals surface area contributed by atoms with E-state index in [9.17, 15) is 9.59 Å². The third kappa shape index (κ3) is 3.05. The van der Waals surface area contributed by atoms with Gasteiger partial charge in [-0.05, 0) is 26.2 Å². The van der Waals surface area contributed by atoms with Crippen LogP contribution in [0.25, 0.3) is 11.0 Å². The highest BCUT2D eigenvalue weighted by Crippen LogP contribution is 2.13. The van der Waals surface area contributed by atoms with Crippen LogP contribution in [0, 0.1) is 0 Å². The number of hydrogen-bond donors (Lipinski definition) is 0. The van der Waals surface area contributed by atoms with Crippen LogP contribution in [0.1, 0.15) is 10.4 Å². The molecule has 1 aromatic heterocycles. The van der Waals surface area contributed by atoms with E-state index in [1.54, 1.807) is 25.2 Å². The van der Waals surface area contributed by atoms with Crippen molar-refractivity contribution in [2.75, 3.05) is 34.2 Å². The minimum absolute atomic E-state index is 0.0740. The standard InChI is InChI=1S/C15H18N2O3/c1-16(2)8-9-17(3)14(18)12-10-11-6-4-5-7-13(11)20-15(12)19/h4-7,10H,8-9H2,1-3H3. The number of carbonyl (C=O) groups excluding carboxylic acids is 1. The molecule has 0 atom stereocenters. The molecule has 0 aliphatic heterocycles. The molecule has 2 rings (SSSR count). The number of nitrogens with zero attached hydrogens (tertiary/aromatic N) is 2. The molecule has 106 valence electrons. The number of hydrogen-bond acceptors (Lipinski definition) is 4. The number of likely N-dealkylation sites (N-methyl/N-ethyl adjacent to an activating group) is 2. The summed E-state index contributed by atoms with van der Waals surface area (Å²) in [7, 11) is 5.55. The molecule has 0 fully saturated rings. The molecule has 0 bridgehead atoms. The van der Waals surface area contributed by atoms with E-state index in [0.29, 0.717) is 12.1 Å². The Morgan fingerprint density at radius 2 is 1.85 bits per heavy atom. The van der Waals surface area contributed by atoms with Gasteiger partial charge in [0.2, 0.25) is 0 Å². The van der Waals surface area contributed by atoms with Crippen LogP contribution in [0.4, 0.5) is 0 Å². The van der Waals surface area contributed by atoms with Crippen molar-refractivity contribution in [2.24, 2.45) is 0 Å². The van der Waals surface area contributed by atoms with E-state index in [1.165, 1.54) is 4.90 Å². The number of rotatable bonds is 4. The fourth-order valence-corrected chi connectivity index (χ4v) is 1.87. The van der Waals surface area contributed by atoms with Gasteiger partial charge < -0.3 is 14.2 Å². The first-order valence-corrected chi connectivity index (χ1v) is 6.42. The van der Waals surface area contributed by atoms with E-state index in [1.807, 2.05) is 31.1 Å². The summed E-state index contributed by atoms with van der Waals surface area (Å²) in [6, 6.07) is 8.74. The maximum absolute atomic E-state index is 12.3. The summed E-state index contributed by atoms with van der Waals surface area (Å²) in [5.74, 6) is -0.314. The molecule has 1 heterocycles. The highest BCUT2D eigenvalue weighted by Gasteiger charge is 2.17. The van der Waals surface area contributed by atoms with Gasteiger partial charge in [-0.1, -0.05) is 18.2 Å². The molecule has 1 amide bonds. The van der Waals surface area contributed by atoms with Crippen molar-refractivity contribution in [3.8, 4) is 0 Å². The molecule has 20 heavy (non-hydrogen) atoms. The largest absolute Gasteiger partial charge is 0.422 e. The van der Waals surface area contributed by atoms with Crippen molar-refractivity contribution in [3.05, 3.63) is 46.3 Å². The van der Waals surface area contributed by atoms with Gasteiger partial charge in [0.1, 0.15) is 11.1 Å². The van der Waals surface area contributed by atoms with Crippen molar-refractivity contribution >= 4 is 16.9 Å². The zero-order chi connectivity index (χ0) is 14.7. The van der Waals surface area contributed by atoms with Gasteiger partial charge in [-0.2, -0.15) is 0 Å². The average molecular weight is 274 g/mol. The Balaban J connectivity index is 2.30. The van der Waals surface area contributed by atoms with E-state index in [-0.39, 0.29) is 11.5 Å². The quantitative estimate of drug-likeness (QED) is 0.791. The molecular formula is C15H18N2O3. The Bertz CT molecular complexity index is 676. The normalized spacial score (nSPS) is 11.0. The third-order valence-electron chi connectivity index (χ3n) is 3.10. The van der Waals surface area contributed by atoms with Gasteiger partial charge in [0, 0.05) is 25.5 Å². The molecule has 1 aromatic carbocycles. The van der Waals surface area contributed by atoms with Gasteiger partial charge in [-0.25, -0.2) is 4.79 Å². The Labute approximate surface area is 117 Å². The van der Waals surface area contributed by atoms with Crippen LogP contribution in [0.2, 0.25) is 0 Å². The lowest BCUT2D eigenvalue weighted by molar-refractivity contribution is 0.0782. The van der Waals surface area contributed by atoms with Crippen molar-refractivity contribution < 1.29 is 9.21 Å². The van der Waals surface area contributed by atoms with E-state index < -0.39 is 5.63 Å². The predicted molar refractivity (Wildman–Crippen MR) is 78.0 cm³/mol. The van der Waals surface area contributed by atoms with Gasteiger partial charge in [-0.15, -0.1) is 0 Å². The first kappa shape index (κ1) is 14.3. The molecule has 5 nitrogen and oxygen atoms in total. The molecule has 0 saturated carbocycles. The molecule has 2 aromatic rings. The highest BCUT2D eigenvalue weighted by atomic mass is 16.4. The Kier molecular flexibility index (Phi) is 4.20. The van der Waals surface area contributed by atoms with Gasteiger partial charge in [0.25, 0.3) is 5.91 Å². The summed E-state index contributed by atoms with van der Waals surface area (Å²) >= 11 is 0. The van der Waals surface area contributed by atoms with Crippen LogP contribution in [0.5, 0.6) is 0 Å². The van der Waals surface area contributed by atoms with E-state index in [4.69, 9.17) is 4.42 Å². The molecule has 0 aliphatic rings. The Hall–Kier alpha value is -2.14. The number of carbonyl (C=O) groups is 1. The monoisotopic (exact) mass is 274 g/mol. The second-order valence-corrected chi connectivity index (χ2v) is 5.02. The van der Waals surface area contributed by atoms with Crippen molar-refractivity contribution in [1.82, 2.24) is 9.80 Å². The van der Waals surface area contributed by atoms with Crippen LogP contribution in [0.3, 0.4) is 0 Å². The number of para-hydroxylation sites is 1. The maximum atomic E-state index is 12.3. The summed E-state index contributed by atoms with van der Waals surface area (Å²) in [5.41, 5.74) is -0.0275. The lowest BCUT2D eigenvalue weighted by Gasteiger charge is -2.19. The SMILES string of the molecule is CN(C)CCN(C)C(=O)c1cc2ccccc2oc1=O. The molecule has 5 heteroatoms. The smallest absolute Gasteiger partial charge is 0.349 e. The molecular weight excluding hydrogens is 256 g/mol. The molecule has 0 spiro atoms. The van der Waals surface area contributed by atoms with Crippen LogP contribution < -0.4 is 5.63 Å². The van der Waals surface area contributed by atoms with Gasteiger partial charge in [0.05, 0.1) is 0 Å². The Morgan fingerprint density at radius 1 is 1.15 bits per heavy atom. The van der Waals surface area contributed by atoms with Crippen LogP contribution in [-0.4, -0.2) is 49.9 Å². The maximum Gasteiger partial charge on any atom is 0.349 e. The van der Waals surface area contributed by atoms with E-state index in [0.717, 1.165) is 11.9 Å². The Morgan fingerprint density at radius 3 is 2.55 bits per heavy atom. The van der Waals surface area contributed by atoms with E-state index in [2.05, 4.69) is 0 Å². The minimum Gasteiger partial charge on any atom is -0.422 e. The lowest BCUT2D eigenvalue weighted by atomic mass is 10.1. The van der Waals surface area contributed by atoms with Crippen LogP contribution >= 0.6 is 0 Å². The first-order valence-electron chi connectivity index (χ1n) is 6.42. The average Bonchev–Trinajstić information content (AvgIpc) is 2.43. The fraction of sp³-hybridized carbons (Fsp3) is 0.333. The topological polar surface area (TPSA) is 53.8 Å². The summed E-state index contributed by atoms with van der Waals surface area (Å²) in [6.07, 6.45) is 0. The van der Waals surface area contributed by atoms with Crippen LogP contribution in [-0.2, 0) is 0 Å².